The van der Waals surface area contributed by atoms with Crippen molar-refractivity contribution in [1.29, 1.82) is 0 Å². The quantitative estimate of drug-likeness (QED) is 0.594. The fraction of sp³-hybridized carbons (Fsp3) is 0.300. The Morgan fingerprint density at radius 2 is 1.96 bits per heavy atom. The lowest BCUT2D eigenvalue weighted by molar-refractivity contribution is -0.126. The number of esters is 1. The average molecular weight is 371 g/mol. The van der Waals surface area contributed by atoms with Crippen LogP contribution in [0.15, 0.2) is 47.4 Å². The molecule has 0 bridgehead atoms. The number of anilines is 1. The van der Waals surface area contributed by atoms with Crippen molar-refractivity contribution in [3.05, 3.63) is 53.6 Å². The van der Waals surface area contributed by atoms with Crippen LogP contribution >= 0.6 is 11.8 Å². The van der Waals surface area contributed by atoms with Crippen molar-refractivity contribution in [3.63, 3.8) is 0 Å². The van der Waals surface area contributed by atoms with Crippen LogP contribution in [0.3, 0.4) is 0 Å². The molecular formula is C20H21NO4S. The van der Waals surface area contributed by atoms with Crippen molar-refractivity contribution < 1.29 is 19.1 Å². The highest BCUT2D eigenvalue weighted by molar-refractivity contribution is 7.98. The topological polar surface area (TPSA) is 55.8 Å². The molecule has 26 heavy (non-hydrogen) atoms. The van der Waals surface area contributed by atoms with Crippen LogP contribution in [0.2, 0.25) is 0 Å². The van der Waals surface area contributed by atoms with E-state index in [1.807, 2.05) is 36.6 Å². The summed E-state index contributed by atoms with van der Waals surface area (Å²) in [6, 6.07) is 13.1. The summed E-state index contributed by atoms with van der Waals surface area (Å²) in [5.41, 5.74) is 2.34. The number of methoxy groups -OCH3 is 1. The molecule has 1 aliphatic rings. The number of hydrogen-bond donors (Lipinski definition) is 0. The van der Waals surface area contributed by atoms with Gasteiger partial charge in [0.2, 0.25) is 0 Å². The van der Waals surface area contributed by atoms with Crippen LogP contribution in [0.25, 0.3) is 0 Å². The molecule has 1 aliphatic heterocycles. The molecule has 136 valence electrons. The Labute approximate surface area is 157 Å². The van der Waals surface area contributed by atoms with Crippen molar-refractivity contribution in [2.75, 3.05) is 24.8 Å². The zero-order valence-corrected chi connectivity index (χ0v) is 15.8. The second-order valence-corrected chi connectivity index (χ2v) is 6.86. The molecule has 1 atom stereocenters. The summed E-state index contributed by atoms with van der Waals surface area (Å²) in [5, 5.41) is 0. The minimum Gasteiger partial charge on any atom is -0.496 e. The van der Waals surface area contributed by atoms with Crippen molar-refractivity contribution in [2.24, 2.45) is 0 Å². The summed E-state index contributed by atoms with van der Waals surface area (Å²) < 4.78 is 10.7. The number of thioether (sulfide) groups is 1. The molecule has 2 aromatic carbocycles. The second kappa shape index (κ2) is 7.83. The molecule has 1 unspecified atom stereocenters. The molecule has 1 amide bonds. The molecule has 3 rings (SSSR count). The highest BCUT2D eigenvalue weighted by Crippen LogP contribution is 2.29. The Hall–Kier alpha value is -2.47. The maximum absolute atomic E-state index is 12.7. The molecular weight excluding hydrogens is 350 g/mol. The molecule has 5 nitrogen and oxygen atoms in total. The summed E-state index contributed by atoms with van der Waals surface area (Å²) in [6.07, 6.45) is 1.88. The summed E-state index contributed by atoms with van der Waals surface area (Å²) in [4.78, 5) is 27.9. The molecule has 0 saturated carbocycles. The van der Waals surface area contributed by atoms with Gasteiger partial charge in [0.25, 0.3) is 5.91 Å². The SMILES string of the molecule is COc1cc(SC)ccc1C(=O)OC(C)C(=O)N1CCc2ccccc21. The summed E-state index contributed by atoms with van der Waals surface area (Å²) in [6.45, 7) is 2.20. The maximum Gasteiger partial charge on any atom is 0.342 e. The number of benzene rings is 2. The Balaban J connectivity index is 1.73. The van der Waals surface area contributed by atoms with E-state index in [1.54, 1.807) is 35.7 Å². The predicted molar refractivity (Wildman–Crippen MR) is 102 cm³/mol. The number of ether oxygens (including phenoxy) is 2. The number of carbonyl (C=O) groups is 2. The molecule has 0 aliphatic carbocycles. The van der Waals surface area contributed by atoms with Gasteiger partial charge in [0, 0.05) is 17.1 Å². The zero-order valence-electron chi connectivity index (χ0n) is 15.0. The largest absolute Gasteiger partial charge is 0.496 e. The van der Waals surface area contributed by atoms with Gasteiger partial charge < -0.3 is 14.4 Å². The van der Waals surface area contributed by atoms with Crippen molar-refractivity contribution >= 4 is 29.3 Å². The van der Waals surface area contributed by atoms with Gasteiger partial charge in [-0.3, -0.25) is 4.79 Å². The van der Waals surface area contributed by atoms with Gasteiger partial charge in [-0.25, -0.2) is 4.79 Å². The fourth-order valence-corrected chi connectivity index (χ4v) is 3.46. The van der Waals surface area contributed by atoms with Crippen LogP contribution in [-0.4, -0.2) is 37.9 Å². The molecule has 0 saturated heterocycles. The van der Waals surface area contributed by atoms with Gasteiger partial charge in [-0.2, -0.15) is 0 Å². The third kappa shape index (κ3) is 3.55. The average Bonchev–Trinajstić information content (AvgIpc) is 3.10. The van der Waals surface area contributed by atoms with Crippen molar-refractivity contribution in [1.82, 2.24) is 0 Å². The van der Waals surface area contributed by atoms with Crippen LogP contribution < -0.4 is 9.64 Å². The van der Waals surface area contributed by atoms with Crippen molar-refractivity contribution in [3.8, 4) is 5.75 Å². The van der Waals surface area contributed by atoms with E-state index in [1.165, 1.54) is 7.11 Å². The lowest BCUT2D eigenvalue weighted by atomic mass is 10.2. The minimum absolute atomic E-state index is 0.219. The van der Waals surface area contributed by atoms with Gasteiger partial charge in [-0.05, 0) is 49.4 Å². The normalized spacial score (nSPS) is 13.9. The van der Waals surface area contributed by atoms with Gasteiger partial charge in [0.1, 0.15) is 11.3 Å². The lowest BCUT2D eigenvalue weighted by Gasteiger charge is -2.22. The van der Waals surface area contributed by atoms with Gasteiger partial charge in [0.15, 0.2) is 6.10 Å². The standard InChI is InChI=1S/C20H21NO4S/c1-13(19(22)21-11-10-14-6-4-5-7-17(14)21)25-20(23)16-9-8-15(26-3)12-18(16)24-2/h4-9,12-13H,10-11H2,1-3H3. The molecule has 0 spiro atoms. The third-order valence-corrected chi connectivity index (χ3v) is 5.14. The van der Waals surface area contributed by atoms with Crippen molar-refractivity contribution in [2.45, 2.75) is 24.3 Å². The van der Waals surface area contributed by atoms with Gasteiger partial charge in [0.05, 0.1) is 7.11 Å². The van der Waals surface area contributed by atoms with E-state index in [4.69, 9.17) is 9.47 Å². The van der Waals surface area contributed by atoms with E-state index < -0.39 is 12.1 Å². The molecule has 0 radical (unpaired) electrons. The first-order valence-electron chi connectivity index (χ1n) is 8.37. The summed E-state index contributed by atoms with van der Waals surface area (Å²) in [5.74, 6) is -0.348. The number of hydrogen-bond acceptors (Lipinski definition) is 5. The fourth-order valence-electron chi connectivity index (χ4n) is 3.03. The van der Waals surface area contributed by atoms with Gasteiger partial charge >= 0.3 is 5.97 Å². The van der Waals surface area contributed by atoms with E-state index in [0.717, 1.165) is 22.6 Å². The zero-order chi connectivity index (χ0) is 18.7. The second-order valence-electron chi connectivity index (χ2n) is 5.98. The highest BCUT2D eigenvalue weighted by Gasteiger charge is 2.30. The number of carbonyl (C=O) groups excluding carboxylic acids is 2. The first-order chi connectivity index (χ1) is 12.5. The third-order valence-electron chi connectivity index (χ3n) is 4.41. The Kier molecular flexibility index (Phi) is 5.52. The van der Waals surface area contributed by atoms with E-state index in [9.17, 15) is 9.59 Å². The predicted octanol–water partition coefficient (Wildman–Crippen LogP) is 3.55. The number of nitrogens with zero attached hydrogens (tertiary/aromatic N) is 1. The molecule has 6 heteroatoms. The van der Waals surface area contributed by atoms with Gasteiger partial charge in [-0.1, -0.05) is 18.2 Å². The minimum atomic E-state index is -0.876. The molecule has 2 aromatic rings. The van der Waals surface area contributed by atoms with E-state index in [0.29, 0.717) is 17.9 Å². The molecule has 1 heterocycles. The monoisotopic (exact) mass is 371 g/mol. The first-order valence-corrected chi connectivity index (χ1v) is 9.60. The van der Waals surface area contributed by atoms with Crippen LogP contribution in [0.4, 0.5) is 5.69 Å². The van der Waals surface area contributed by atoms with E-state index in [-0.39, 0.29) is 5.91 Å². The Morgan fingerprint density at radius 3 is 2.69 bits per heavy atom. The van der Waals surface area contributed by atoms with Crippen LogP contribution in [0, 0.1) is 0 Å². The van der Waals surface area contributed by atoms with Gasteiger partial charge in [-0.15, -0.1) is 11.8 Å². The summed E-state index contributed by atoms with van der Waals surface area (Å²) in [7, 11) is 1.51. The molecule has 0 aromatic heterocycles. The number of amides is 1. The lowest BCUT2D eigenvalue weighted by Crippen LogP contribution is -2.39. The highest BCUT2D eigenvalue weighted by atomic mass is 32.2. The van der Waals surface area contributed by atoms with Crippen LogP contribution in [-0.2, 0) is 16.0 Å². The first kappa shape index (κ1) is 18.3. The van der Waals surface area contributed by atoms with Crippen LogP contribution in [0.5, 0.6) is 5.75 Å². The Morgan fingerprint density at radius 1 is 1.19 bits per heavy atom. The smallest absolute Gasteiger partial charge is 0.342 e. The van der Waals surface area contributed by atoms with Crippen LogP contribution in [0.1, 0.15) is 22.8 Å². The molecule has 0 fully saturated rings. The number of fused-ring (bicyclic) bond motifs is 1. The summed E-state index contributed by atoms with van der Waals surface area (Å²) >= 11 is 1.55. The van der Waals surface area contributed by atoms with E-state index >= 15 is 0 Å². The van der Waals surface area contributed by atoms with E-state index in [2.05, 4.69) is 0 Å². The maximum atomic E-state index is 12.7. The molecule has 0 N–H and O–H groups in total. The number of rotatable bonds is 5. The Bertz CT molecular complexity index is 836. The number of para-hydroxylation sites is 1.